The van der Waals surface area contributed by atoms with Crippen molar-refractivity contribution in [3.8, 4) is 0 Å². The highest BCUT2D eigenvalue weighted by atomic mass is 16.5. The molecule has 0 saturated carbocycles. The van der Waals surface area contributed by atoms with E-state index in [4.69, 9.17) is 5.73 Å². The molecule has 0 bridgehead atoms. The lowest BCUT2D eigenvalue weighted by Gasteiger charge is -2.17. The van der Waals surface area contributed by atoms with Crippen LogP contribution in [0.1, 0.15) is 5.69 Å². The molecule has 1 heterocycles. The van der Waals surface area contributed by atoms with Gasteiger partial charge in [-0.15, -0.1) is 0 Å². The van der Waals surface area contributed by atoms with E-state index in [1.807, 2.05) is 6.92 Å². The van der Waals surface area contributed by atoms with Crippen molar-refractivity contribution >= 4 is 17.5 Å². The first-order chi connectivity index (χ1) is 7.04. The molecule has 0 aromatic carbocycles. The fourth-order valence-electron chi connectivity index (χ4n) is 1.11. The van der Waals surface area contributed by atoms with E-state index in [0.717, 1.165) is 5.69 Å². The van der Waals surface area contributed by atoms with E-state index in [2.05, 4.69) is 9.72 Å². The molecule has 1 aromatic heterocycles. The van der Waals surface area contributed by atoms with Gasteiger partial charge >= 0.3 is 5.97 Å². The number of esters is 1. The van der Waals surface area contributed by atoms with Gasteiger partial charge in [0, 0.05) is 7.05 Å². The lowest BCUT2D eigenvalue weighted by Crippen LogP contribution is -2.27. The van der Waals surface area contributed by atoms with Gasteiger partial charge in [0.05, 0.1) is 18.5 Å². The van der Waals surface area contributed by atoms with Crippen molar-refractivity contribution in [3.63, 3.8) is 0 Å². The maximum Gasteiger partial charge on any atom is 0.325 e. The van der Waals surface area contributed by atoms with Crippen LogP contribution in [0, 0.1) is 6.92 Å². The second-order valence-electron chi connectivity index (χ2n) is 3.28. The van der Waals surface area contributed by atoms with Gasteiger partial charge in [-0.1, -0.05) is 0 Å². The maximum atomic E-state index is 11.0. The molecule has 0 atom stereocenters. The number of ether oxygens (including phenoxy) is 1. The number of carbonyl (C=O) groups is 1. The Hall–Kier alpha value is -1.78. The van der Waals surface area contributed by atoms with Gasteiger partial charge in [-0.25, -0.2) is 4.98 Å². The Labute approximate surface area is 88.9 Å². The highest BCUT2D eigenvalue weighted by Crippen LogP contribution is 2.14. The number of likely N-dealkylation sites (N-methyl/N-ethyl adjacent to an activating group) is 1. The molecule has 2 N–H and O–H groups in total. The topological polar surface area (TPSA) is 68.5 Å². The van der Waals surface area contributed by atoms with Crippen molar-refractivity contribution in [2.24, 2.45) is 0 Å². The lowest BCUT2D eigenvalue weighted by atomic mass is 10.3. The Balaban J connectivity index is 2.78. The number of hydrogen-bond acceptors (Lipinski definition) is 5. The number of rotatable bonds is 3. The Bertz CT molecular complexity index is 366. The van der Waals surface area contributed by atoms with E-state index in [-0.39, 0.29) is 12.5 Å². The molecule has 0 amide bonds. The van der Waals surface area contributed by atoms with Crippen LogP contribution in [0.25, 0.3) is 0 Å². The van der Waals surface area contributed by atoms with Crippen LogP contribution in [-0.2, 0) is 9.53 Å². The number of nitrogen functional groups attached to an aromatic ring is 1. The smallest absolute Gasteiger partial charge is 0.325 e. The SMILES string of the molecule is COC(=O)CN(C)c1ccc(N)c(C)n1. The van der Waals surface area contributed by atoms with Gasteiger partial charge in [0.25, 0.3) is 0 Å². The van der Waals surface area contributed by atoms with Gasteiger partial charge in [-0.2, -0.15) is 0 Å². The molecule has 5 heteroatoms. The summed E-state index contributed by atoms with van der Waals surface area (Å²) in [5, 5.41) is 0. The lowest BCUT2D eigenvalue weighted by molar-refractivity contribution is -0.138. The Morgan fingerprint density at radius 3 is 2.80 bits per heavy atom. The third-order valence-corrected chi connectivity index (χ3v) is 2.10. The van der Waals surface area contributed by atoms with E-state index >= 15 is 0 Å². The van der Waals surface area contributed by atoms with Gasteiger partial charge in [0.1, 0.15) is 12.4 Å². The van der Waals surface area contributed by atoms with Crippen molar-refractivity contribution in [3.05, 3.63) is 17.8 Å². The molecule has 0 aliphatic heterocycles. The first-order valence-corrected chi connectivity index (χ1v) is 4.55. The van der Waals surface area contributed by atoms with Crippen LogP contribution in [-0.4, -0.2) is 31.7 Å². The number of anilines is 2. The summed E-state index contributed by atoms with van der Waals surface area (Å²) < 4.78 is 4.56. The first kappa shape index (κ1) is 11.3. The van der Waals surface area contributed by atoms with E-state index < -0.39 is 0 Å². The molecule has 0 aliphatic rings. The number of nitrogens with two attached hydrogens (primary N) is 1. The summed E-state index contributed by atoms with van der Waals surface area (Å²) >= 11 is 0. The molecule has 0 radical (unpaired) electrons. The zero-order chi connectivity index (χ0) is 11.4. The molecule has 5 nitrogen and oxygen atoms in total. The van der Waals surface area contributed by atoms with Crippen molar-refractivity contribution < 1.29 is 9.53 Å². The quantitative estimate of drug-likeness (QED) is 0.737. The summed E-state index contributed by atoms with van der Waals surface area (Å²) in [4.78, 5) is 17.0. The summed E-state index contributed by atoms with van der Waals surface area (Å²) in [7, 11) is 3.13. The molecule has 0 unspecified atom stereocenters. The highest BCUT2D eigenvalue weighted by Gasteiger charge is 2.08. The second kappa shape index (κ2) is 4.63. The fraction of sp³-hybridized carbons (Fsp3) is 0.400. The molecule has 0 aliphatic carbocycles. The average Bonchev–Trinajstić information content (AvgIpc) is 2.21. The molecule has 0 spiro atoms. The Morgan fingerprint density at radius 1 is 1.60 bits per heavy atom. The van der Waals surface area contributed by atoms with Gasteiger partial charge in [0.15, 0.2) is 0 Å². The van der Waals surface area contributed by atoms with Crippen LogP contribution in [0.2, 0.25) is 0 Å². The molecular formula is C10H15N3O2. The second-order valence-corrected chi connectivity index (χ2v) is 3.28. The average molecular weight is 209 g/mol. The Morgan fingerprint density at radius 2 is 2.27 bits per heavy atom. The summed E-state index contributed by atoms with van der Waals surface area (Å²) in [6.07, 6.45) is 0. The van der Waals surface area contributed by atoms with Crippen molar-refractivity contribution in [2.75, 3.05) is 31.3 Å². The number of carbonyl (C=O) groups excluding carboxylic acids is 1. The third-order valence-electron chi connectivity index (χ3n) is 2.10. The molecular weight excluding hydrogens is 194 g/mol. The van der Waals surface area contributed by atoms with Crippen LogP contribution in [0.3, 0.4) is 0 Å². The van der Waals surface area contributed by atoms with E-state index in [1.54, 1.807) is 24.1 Å². The highest BCUT2D eigenvalue weighted by molar-refractivity contribution is 5.75. The van der Waals surface area contributed by atoms with Crippen LogP contribution >= 0.6 is 0 Å². The molecule has 82 valence electrons. The Kier molecular flexibility index (Phi) is 3.49. The summed E-state index contributed by atoms with van der Waals surface area (Å²) in [5.74, 6) is 0.404. The van der Waals surface area contributed by atoms with Gasteiger partial charge in [-0.3, -0.25) is 4.79 Å². The van der Waals surface area contributed by atoms with Gasteiger partial charge < -0.3 is 15.4 Å². The number of aryl methyl sites for hydroxylation is 1. The standard InChI is InChI=1S/C10H15N3O2/c1-7-8(11)4-5-9(12-7)13(2)6-10(14)15-3/h4-5H,6,11H2,1-3H3. The van der Waals surface area contributed by atoms with Crippen molar-refractivity contribution in [1.29, 1.82) is 0 Å². The van der Waals surface area contributed by atoms with Crippen LogP contribution < -0.4 is 10.6 Å². The van der Waals surface area contributed by atoms with Crippen LogP contribution in [0.5, 0.6) is 0 Å². The number of methoxy groups -OCH3 is 1. The summed E-state index contributed by atoms with van der Waals surface area (Å²) in [5.41, 5.74) is 7.04. The molecule has 1 aromatic rings. The van der Waals surface area contributed by atoms with Crippen molar-refractivity contribution in [2.45, 2.75) is 6.92 Å². The van der Waals surface area contributed by atoms with E-state index in [1.165, 1.54) is 7.11 Å². The number of pyridine rings is 1. The molecule has 1 rings (SSSR count). The zero-order valence-corrected chi connectivity index (χ0v) is 9.15. The van der Waals surface area contributed by atoms with E-state index in [9.17, 15) is 4.79 Å². The van der Waals surface area contributed by atoms with Crippen LogP contribution in [0.15, 0.2) is 12.1 Å². The maximum absolute atomic E-state index is 11.0. The third kappa shape index (κ3) is 2.83. The number of hydrogen-bond donors (Lipinski definition) is 1. The zero-order valence-electron chi connectivity index (χ0n) is 9.15. The molecule has 0 saturated heterocycles. The molecule has 0 fully saturated rings. The summed E-state index contributed by atoms with van der Waals surface area (Å²) in [6, 6.07) is 3.54. The van der Waals surface area contributed by atoms with Crippen molar-refractivity contribution in [1.82, 2.24) is 4.98 Å². The fourth-order valence-corrected chi connectivity index (χ4v) is 1.11. The summed E-state index contributed by atoms with van der Waals surface area (Å²) in [6.45, 7) is 2.00. The van der Waals surface area contributed by atoms with E-state index in [0.29, 0.717) is 11.5 Å². The van der Waals surface area contributed by atoms with Crippen LogP contribution in [0.4, 0.5) is 11.5 Å². The minimum atomic E-state index is -0.297. The minimum absolute atomic E-state index is 0.173. The monoisotopic (exact) mass is 209 g/mol. The first-order valence-electron chi connectivity index (χ1n) is 4.55. The van der Waals surface area contributed by atoms with Gasteiger partial charge in [0.2, 0.25) is 0 Å². The predicted octanol–water partition coefficient (Wildman–Crippen LogP) is 0.581. The molecule has 15 heavy (non-hydrogen) atoms. The number of aromatic nitrogens is 1. The van der Waals surface area contributed by atoms with Gasteiger partial charge in [-0.05, 0) is 19.1 Å². The number of nitrogens with zero attached hydrogens (tertiary/aromatic N) is 2. The normalized spacial score (nSPS) is 9.80. The minimum Gasteiger partial charge on any atom is -0.468 e. The predicted molar refractivity (Wildman–Crippen MR) is 58.7 cm³/mol. The largest absolute Gasteiger partial charge is 0.468 e.